The lowest BCUT2D eigenvalue weighted by molar-refractivity contribution is 0.0694. The summed E-state index contributed by atoms with van der Waals surface area (Å²) < 4.78 is 5.70. The molecule has 2 aromatic heterocycles. The molecule has 0 unspecified atom stereocenters. The van der Waals surface area contributed by atoms with Gasteiger partial charge < -0.3 is 9.84 Å². The summed E-state index contributed by atoms with van der Waals surface area (Å²) in [6, 6.07) is 10.5. The average Bonchev–Trinajstić information content (AvgIpc) is 2.48. The molecule has 0 atom stereocenters. The van der Waals surface area contributed by atoms with E-state index in [9.17, 15) is 4.79 Å². The molecule has 0 aliphatic heterocycles. The number of rotatable bonds is 3. The topological polar surface area (TPSA) is 72.3 Å². The standard InChI is InChI=1S/C15H10N2O3/c18-15(19)11-6-8-16-9-14(11)20-13-5-1-4-12-10(13)3-2-7-17-12/h1-9H,(H,18,19). The molecule has 0 saturated heterocycles. The second-order valence-corrected chi connectivity index (χ2v) is 4.11. The highest BCUT2D eigenvalue weighted by atomic mass is 16.5. The third kappa shape index (κ3) is 2.16. The third-order valence-corrected chi connectivity index (χ3v) is 2.84. The van der Waals surface area contributed by atoms with Crippen molar-refractivity contribution >= 4 is 16.9 Å². The molecule has 0 bridgehead atoms. The number of nitrogens with zero attached hydrogens (tertiary/aromatic N) is 2. The minimum absolute atomic E-state index is 0.0703. The van der Waals surface area contributed by atoms with Gasteiger partial charge in [0.05, 0.1) is 11.7 Å². The summed E-state index contributed by atoms with van der Waals surface area (Å²) in [6.07, 6.45) is 4.50. The number of carboxylic acids is 1. The number of fused-ring (bicyclic) bond motifs is 1. The zero-order chi connectivity index (χ0) is 13.9. The lowest BCUT2D eigenvalue weighted by Gasteiger charge is -2.10. The van der Waals surface area contributed by atoms with Gasteiger partial charge in [-0.15, -0.1) is 0 Å². The number of hydrogen-bond donors (Lipinski definition) is 1. The normalized spacial score (nSPS) is 10.4. The first kappa shape index (κ1) is 12.1. The third-order valence-electron chi connectivity index (χ3n) is 2.84. The molecule has 0 amide bonds. The van der Waals surface area contributed by atoms with E-state index >= 15 is 0 Å². The van der Waals surface area contributed by atoms with E-state index in [1.165, 1.54) is 18.5 Å². The summed E-state index contributed by atoms with van der Waals surface area (Å²) in [4.78, 5) is 19.3. The molecule has 0 fully saturated rings. The van der Waals surface area contributed by atoms with E-state index in [1.807, 2.05) is 18.2 Å². The molecular weight excluding hydrogens is 256 g/mol. The van der Waals surface area contributed by atoms with Gasteiger partial charge in [0.2, 0.25) is 0 Å². The molecule has 5 heteroatoms. The molecule has 0 radical (unpaired) electrons. The Morgan fingerprint density at radius 3 is 2.80 bits per heavy atom. The molecule has 0 saturated carbocycles. The fourth-order valence-corrected chi connectivity index (χ4v) is 1.92. The number of benzene rings is 1. The van der Waals surface area contributed by atoms with E-state index in [2.05, 4.69) is 9.97 Å². The Hall–Kier alpha value is -2.95. The van der Waals surface area contributed by atoms with Gasteiger partial charge in [0.15, 0.2) is 5.75 Å². The molecule has 1 aromatic carbocycles. The zero-order valence-electron chi connectivity index (χ0n) is 10.4. The van der Waals surface area contributed by atoms with Gasteiger partial charge in [0, 0.05) is 17.8 Å². The monoisotopic (exact) mass is 266 g/mol. The van der Waals surface area contributed by atoms with Crippen LogP contribution >= 0.6 is 0 Å². The quantitative estimate of drug-likeness (QED) is 0.788. The van der Waals surface area contributed by atoms with Gasteiger partial charge in [0.1, 0.15) is 11.3 Å². The summed E-state index contributed by atoms with van der Waals surface area (Å²) in [7, 11) is 0. The largest absolute Gasteiger partial charge is 0.478 e. The van der Waals surface area contributed by atoms with Crippen LogP contribution in [0.3, 0.4) is 0 Å². The molecule has 2 heterocycles. The van der Waals surface area contributed by atoms with E-state index in [0.717, 1.165) is 10.9 Å². The molecule has 0 spiro atoms. The number of pyridine rings is 2. The highest BCUT2D eigenvalue weighted by molar-refractivity contribution is 5.91. The van der Waals surface area contributed by atoms with Gasteiger partial charge in [-0.25, -0.2) is 4.79 Å². The number of aromatic carboxylic acids is 1. The second-order valence-electron chi connectivity index (χ2n) is 4.11. The van der Waals surface area contributed by atoms with Crippen LogP contribution in [0.15, 0.2) is 55.0 Å². The number of carbonyl (C=O) groups is 1. The van der Waals surface area contributed by atoms with E-state index < -0.39 is 5.97 Å². The predicted molar refractivity (Wildman–Crippen MR) is 73.0 cm³/mol. The van der Waals surface area contributed by atoms with Crippen molar-refractivity contribution < 1.29 is 14.6 Å². The summed E-state index contributed by atoms with van der Waals surface area (Å²) in [5, 5.41) is 9.95. The SMILES string of the molecule is O=C(O)c1ccncc1Oc1cccc2ncccc12. The van der Waals surface area contributed by atoms with E-state index in [-0.39, 0.29) is 11.3 Å². The predicted octanol–water partition coefficient (Wildman–Crippen LogP) is 3.12. The second kappa shape index (κ2) is 4.97. The average molecular weight is 266 g/mol. The van der Waals surface area contributed by atoms with Gasteiger partial charge in [-0.3, -0.25) is 9.97 Å². The highest BCUT2D eigenvalue weighted by Crippen LogP contribution is 2.30. The fraction of sp³-hybridized carbons (Fsp3) is 0. The van der Waals surface area contributed by atoms with Gasteiger partial charge in [-0.2, -0.15) is 0 Å². The van der Waals surface area contributed by atoms with E-state index in [0.29, 0.717) is 5.75 Å². The van der Waals surface area contributed by atoms with Crippen molar-refractivity contribution in [3.05, 3.63) is 60.6 Å². The molecule has 0 aliphatic carbocycles. The van der Waals surface area contributed by atoms with Crippen molar-refractivity contribution in [2.24, 2.45) is 0 Å². The zero-order valence-corrected chi connectivity index (χ0v) is 10.4. The molecule has 3 aromatic rings. The van der Waals surface area contributed by atoms with Crippen LogP contribution in [0, 0.1) is 0 Å². The Kier molecular flexibility index (Phi) is 3.01. The van der Waals surface area contributed by atoms with Crippen LogP contribution in [-0.2, 0) is 0 Å². The van der Waals surface area contributed by atoms with Crippen LogP contribution in [0.4, 0.5) is 0 Å². The molecule has 20 heavy (non-hydrogen) atoms. The molecular formula is C15H10N2O3. The Bertz CT molecular complexity index is 781. The van der Waals surface area contributed by atoms with E-state index in [1.54, 1.807) is 18.3 Å². The molecule has 1 N–H and O–H groups in total. The van der Waals surface area contributed by atoms with Gasteiger partial charge in [0.25, 0.3) is 0 Å². The summed E-state index contributed by atoms with van der Waals surface area (Å²) in [5.41, 5.74) is 0.853. The number of ether oxygens (including phenoxy) is 1. The maximum Gasteiger partial charge on any atom is 0.339 e. The van der Waals surface area contributed by atoms with Gasteiger partial charge in [-0.1, -0.05) is 6.07 Å². The van der Waals surface area contributed by atoms with Crippen molar-refractivity contribution in [2.75, 3.05) is 0 Å². The van der Waals surface area contributed by atoms with Crippen LogP contribution in [-0.4, -0.2) is 21.0 Å². The van der Waals surface area contributed by atoms with Crippen molar-refractivity contribution in [2.45, 2.75) is 0 Å². The first-order chi connectivity index (χ1) is 9.75. The van der Waals surface area contributed by atoms with Crippen molar-refractivity contribution in [3.63, 3.8) is 0 Å². The molecule has 3 rings (SSSR count). The number of hydrogen-bond acceptors (Lipinski definition) is 4. The lowest BCUT2D eigenvalue weighted by atomic mass is 10.2. The van der Waals surface area contributed by atoms with Gasteiger partial charge in [-0.05, 0) is 30.3 Å². The number of aromatic nitrogens is 2. The Labute approximate surface area is 114 Å². The van der Waals surface area contributed by atoms with Crippen LogP contribution in [0.1, 0.15) is 10.4 Å². The Morgan fingerprint density at radius 1 is 1.05 bits per heavy atom. The van der Waals surface area contributed by atoms with Gasteiger partial charge >= 0.3 is 5.97 Å². The molecule has 0 aliphatic rings. The van der Waals surface area contributed by atoms with Crippen LogP contribution in [0.5, 0.6) is 11.5 Å². The van der Waals surface area contributed by atoms with Crippen LogP contribution in [0.25, 0.3) is 10.9 Å². The Balaban J connectivity index is 2.08. The van der Waals surface area contributed by atoms with Crippen LogP contribution in [0.2, 0.25) is 0 Å². The van der Waals surface area contributed by atoms with E-state index in [4.69, 9.17) is 9.84 Å². The first-order valence-electron chi connectivity index (χ1n) is 5.94. The molecule has 5 nitrogen and oxygen atoms in total. The smallest absolute Gasteiger partial charge is 0.339 e. The first-order valence-corrected chi connectivity index (χ1v) is 5.94. The maximum atomic E-state index is 11.2. The summed E-state index contributed by atoms with van der Waals surface area (Å²) in [5.74, 6) is -0.303. The summed E-state index contributed by atoms with van der Waals surface area (Å²) >= 11 is 0. The van der Waals surface area contributed by atoms with Crippen LogP contribution < -0.4 is 4.74 Å². The maximum absolute atomic E-state index is 11.2. The van der Waals surface area contributed by atoms with Crippen molar-refractivity contribution in [1.29, 1.82) is 0 Å². The number of carboxylic acid groups (broad SMARTS) is 1. The Morgan fingerprint density at radius 2 is 1.95 bits per heavy atom. The van der Waals surface area contributed by atoms with Crippen molar-refractivity contribution in [3.8, 4) is 11.5 Å². The van der Waals surface area contributed by atoms with Crippen molar-refractivity contribution in [1.82, 2.24) is 9.97 Å². The fourth-order valence-electron chi connectivity index (χ4n) is 1.92. The molecule has 98 valence electrons. The summed E-state index contributed by atoms with van der Waals surface area (Å²) in [6.45, 7) is 0. The minimum atomic E-state index is -1.05. The highest BCUT2D eigenvalue weighted by Gasteiger charge is 2.13. The minimum Gasteiger partial charge on any atom is -0.478 e. The lowest BCUT2D eigenvalue weighted by Crippen LogP contribution is -2.00.